The van der Waals surface area contributed by atoms with Crippen LogP contribution in [0.25, 0.3) is 0 Å². The Kier molecular flexibility index (Phi) is 5.57. The molecule has 2 aromatic heterocycles. The summed E-state index contributed by atoms with van der Waals surface area (Å²) >= 11 is 0. The quantitative estimate of drug-likeness (QED) is 0.841. The Hall–Kier alpha value is -2.48. The van der Waals surface area contributed by atoms with Gasteiger partial charge in [0.15, 0.2) is 5.82 Å². The zero-order valence-electron chi connectivity index (χ0n) is 16.7. The van der Waals surface area contributed by atoms with Crippen LogP contribution >= 0.6 is 0 Å². The first-order chi connectivity index (χ1) is 13.6. The van der Waals surface area contributed by atoms with Gasteiger partial charge in [0.1, 0.15) is 5.82 Å². The predicted octanol–water partition coefficient (Wildman–Crippen LogP) is 2.17. The molecule has 0 radical (unpaired) electrons. The average molecular weight is 384 g/mol. The Labute approximate surface area is 165 Å². The maximum absolute atomic E-state index is 12.6. The van der Waals surface area contributed by atoms with Crippen molar-refractivity contribution in [2.75, 3.05) is 36.4 Å². The van der Waals surface area contributed by atoms with Crippen molar-refractivity contribution in [1.29, 1.82) is 0 Å². The van der Waals surface area contributed by atoms with Gasteiger partial charge in [0.2, 0.25) is 5.95 Å². The largest absolute Gasteiger partial charge is 0.357 e. The van der Waals surface area contributed by atoms with Crippen LogP contribution in [0, 0.1) is 5.92 Å². The standard InChI is InChI=1S/C20H29N7O/c1-14-7-11-27(12-8-14)17-4-3-16(13-22-17)19(28)24-20-23-18(25-26(20)2)15-5-9-21-10-6-15/h3-4,13-15,21H,5-12H2,1-2H3,(H,23,24,25,28). The molecule has 2 aliphatic heterocycles. The summed E-state index contributed by atoms with van der Waals surface area (Å²) in [6.07, 6.45) is 6.08. The molecular formula is C20H29N7O. The number of nitrogens with one attached hydrogen (secondary N) is 2. The maximum atomic E-state index is 12.6. The van der Waals surface area contributed by atoms with E-state index in [2.05, 4.69) is 37.5 Å². The molecule has 0 spiro atoms. The van der Waals surface area contributed by atoms with E-state index in [1.165, 1.54) is 12.8 Å². The van der Waals surface area contributed by atoms with E-state index in [1.54, 1.807) is 10.9 Å². The summed E-state index contributed by atoms with van der Waals surface area (Å²) in [7, 11) is 1.81. The summed E-state index contributed by atoms with van der Waals surface area (Å²) in [5, 5.41) is 10.7. The molecule has 28 heavy (non-hydrogen) atoms. The number of nitrogens with zero attached hydrogens (tertiary/aromatic N) is 5. The summed E-state index contributed by atoms with van der Waals surface area (Å²) in [5.74, 6) is 3.16. The smallest absolute Gasteiger partial charge is 0.259 e. The number of aryl methyl sites for hydroxylation is 1. The molecule has 2 aromatic rings. The third-order valence-corrected chi connectivity index (χ3v) is 5.83. The van der Waals surface area contributed by atoms with Gasteiger partial charge >= 0.3 is 0 Å². The number of anilines is 2. The lowest BCUT2D eigenvalue weighted by molar-refractivity contribution is 0.102. The molecule has 2 aliphatic rings. The van der Waals surface area contributed by atoms with E-state index in [9.17, 15) is 4.79 Å². The number of hydrogen-bond donors (Lipinski definition) is 2. The van der Waals surface area contributed by atoms with Gasteiger partial charge in [-0.3, -0.25) is 10.1 Å². The van der Waals surface area contributed by atoms with E-state index >= 15 is 0 Å². The highest BCUT2D eigenvalue weighted by Gasteiger charge is 2.22. The number of carbonyl (C=O) groups is 1. The van der Waals surface area contributed by atoms with Gasteiger partial charge in [-0.1, -0.05) is 6.92 Å². The summed E-state index contributed by atoms with van der Waals surface area (Å²) in [6.45, 7) is 6.31. The number of aromatic nitrogens is 4. The topological polar surface area (TPSA) is 88.0 Å². The van der Waals surface area contributed by atoms with Gasteiger partial charge in [0, 0.05) is 32.3 Å². The van der Waals surface area contributed by atoms with Crippen LogP contribution < -0.4 is 15.5 Å². The highest BCUT2D eigenvalue weighted by atomic mass is 16.1. The fraction of sp³-hybridized carbons (Fsp3) is 0.600. The Morgan fingerprint density at radius 3 is 2.61 bits per heavy atom. The Balaban J connectivity index is 1.40. The van der Waals surface area contributed by atoms with Crippen LogP contribution in [0.15, 0.2) is 18.3 Å². The molecule has 8 nitrogen and oxygen atoms in total. The molecule has 0 atom stereocenters. The first kappa shape index (κ1) is 18.9. The third kappa shape index (κ3) is 4.16. The van der Waals surface area contributed by atoms with Gasteiger partial charge in [-0.25, -0.2) is 9.67 Å². The van der Waals surface area contributed by atoms with E-state index in [0.717, 1.165) is 56.6 Å². The molecular weight excluding hydrogens is 354 g/mol. The first-order valence-electron chi connectivity index (χ1n) is 10.2. The van der Waals surface area contributed by atoms with E-state index < -0.39 is 0 Å². The lowest BCUT2D eigenvalue weighted by atomic mass is 9.98. The second-order valence-electron chi connectivity index (χ2n) is 7.97. The molecule has 0 bridgehead atoms. The van der Waals surface area contributed by atoms with Gasteiger partial charge in [-0.05, 0) is 56.8 Å². The van der Waals surface area contributed by atoms with Crippen molar-refractivity contribution >= 4 is 17.7 Å². The van der Waals surface area contributed by atoms with Crippen LogP contribution in [0.3, 0.4) is 0 Å². The molecule has 1 amide bonds. The molecule has 0 aliphatic carbocycles. The van der Waals surface area contributed by atoms with Crippen molar-refractivity contribution in [3.63, 3.8) is 0 Å². The molecule has 2 saturated heterocycles. The van der Waals surface area contributed by atoms with Crippen molar-refractivity contribution < 1.29 is 4.79 Å². The molecule has 2 N–H and O–H groups in total. The van der Waals surface area contributed by atoms with Gasteiger partial charge in [-0.15, -0.1) is 0 Å². The second kappa shape index (κ2) is 8.26. The number of piperidine rings is 2. The monoisotopic (exact) mass is 383 g/mol. The number of pyridine rings is 1. The van der Waals surface area contributed by atoms with E-state index in [4.69, 9.17) is 0 Å². The van der Waals surface area contributed by atoms with Gasteiger partial charge < -0.3 is 10.2 Å². The summed E-state index contributed by atoms with van der Waals surface area (Å²) in [4.78, 5) is 24.0. The lowest BCUT2D eigenvalue weighted by Crippen LogP contribution is -2.33. The Bertz CT molecular complexity index is 802. The molecule has 4 heterocycles. The minimum atomic E-state index is -0.210. The van der Waals surface area contributed by atoms with Gasteiger partial charge in [-0.2, -0.15) is 10.1 Å². The van der Waals surface area contributed by atoms with Crippen LogP contribution in [0.2, 0.25) is 0 Å². The highest BCUT2D eigenvalue weighted by Crippen LogP contribution is 2.24. The Morgan fingerprint density at radius 2 is 1.93 bits per heavy atom. The normalized spacial score (nSPS) is 19.0. The van der Waals surface area contributed by atoms with Crippen LogP contribution in [-0.2, 0) is 7.05 Å². The van der Waals surface area contributed by atoms with Crippen LogP contribution in [0.5, 0.6) is 0 Å². The Morgan fingerprint density at radius 1 is 1.18 bits per heavy atom. The lowest BCUT2D eigenvalue weighted by Gasteiger charge is -2.31. The fourth-order valence-electron chi connectivity index (χ4n) is 3.89. The molecule has 0 saturated carbocycles. The van der Waals surface area contributed by atoms with E-state index in [-0.39, 0.29) is 5.91 Å². The van der Waals surface area contributed by atoms with Crippen molar-refractivity contribution in [2.24, 2.45) is 13.0 Å². The van der Waals surface area contributed by atoms with Gasteiger partial charge in [0.25, 0.3) is 5.91 Å². The summed E-state index contributed by atoms with van der Waals surface area (Å²) < 4.78 is 1.64. The van der Waals surface area contributed by atoms with Crippen LogP contribution in [0.4, 0.5) is 11.8 Å². The zero-order valence-corrected chi connectivity index (χ0v) is 16.7. The van der Waals surface area contributed by atoms with Crippen molar-refractivity contribution in [3.05, 3.63) is 29.7 Å². The van der Waals surface area contributed by atoms with E-state index in [1.807, 2.05) is 19.2 Å². The molecule has 0 aromatic carbocycles. The summed E-state index contributed by atoms with van der Waals surface area (Å²) in [6, 6.07) is 3.77. The predicted molar refractivity (Wildman–Crippen MR) is 109 cm³/mol. The fourth-order valence-corrected chi connectivity index (χ4v) is 3.89. The minimum Gasteiger partial charge on any atom is -0.357 e. The molecule has 2 fully saturated rings. The molecule has 150 valence electrons. The number of rotatable bonds is 4. The average Bonchev–Trinajstić information content (AvgIpc) is 3.10. The van der Waals surface area contributed by atoms with Crippen molar-refractivity contribution in [3.8, 4) is 0 Å². The van der Waals surface area contributed by atoms with Crippen molar-refractivity contribution in [2.45, 2.75) is 38.5 Å². The zero-order chi connectivity index (χ0) is 19.5. The number of carbonyl (C=O) groups excluding carboxylic acids is 1. The second-order valence-corrected chi connectivity index (χ2v) is 7.97. The first-order valence-corrected chi connectivity index (χ1v) is 10.2. The van der Waals surface area contributed by atoms with Crippen LogP contribution in [-0.4, -0.2) is 51.8 Å². The molecule has 0 unspecified atom stereocenters. The van der Waals surface area contributed by atoms with Gasteiger partial charge in [0.05, 0.1) is 5.56 Å². The number of hydrogen-bond acceptors (Lipinski definition) is 6. The van der Waals surface area contributed by atoms with E-state index in [0.29, 0.717) is 17.4 Å². The maximum Gasteiger partial charge on any atom is 0.259 e. The third-order valence-electron chi connectivity index (χ3n) is 5.83. The number of amides is 1. The summed E-state index contributed by atoms with van der Waals surface area (Å²) in [5.41, 5.74) is 0.528. The highest BCUT2D eigenvalue weighted by molar-refractivity contribution is 6.03. The minimum absolute atomic E-state index is 0.210. The van der Waals surface area contributed by atoms with Crippen LogP contribution in [0.1, 0.15) is 54.7 Å². The molecule has 8 heteroatoms. The van der Waals surface area contributed by atoms with Crippen molar-refractivity contribution in [1.82, 2.24) is 25.1 Å². The molecule has 4 rings (SSSR count). The SMILES string of the molecule is CC1CCN(c2ccc(C(=O)Nc3nc(C4CCNCC4)nn3C)cn2)CC1.